The minimum atomic E-state index is -4.26. The van der Waals surface area contributed by atoms with Gasteiger partial charge in [0.05, 0.1) is 44.3 Å². The summed E-state index contributed by atoms with van der Waals surface area (Å²) in [6.07, 6.45) is -3.86. The molecule has 6 heterocycles. The van der Waals surface area contributed by atoms with Gasteiger partial charge in [0.15, 0.2) is 23.3 Å². The van der Waals surface area contributed by atoms with Crippen molar-refractivity contribution in [1.29, 1.82) is 0 Å². The Hall–Kier alpha value is -2.24. The fourth-order valence-electron chi connectivity index (χ4n) is 5.14. The van der Waals surface area contributed by atoms with Gasteiger partial charge in [-0.3, -0.25) is 18.5 Å². The highest BCUT2D eigenvalue weighted by Crippen LogP contribution is 2.50. The maximum atomic E-state index is 15.0. The van der Waals surface area contributed by atoms with E-state index in [1.807, 2.05) is 0 Å². The van der Waals surface area contributed by atoms with Gasteiger partial charge >= 0.3 is 18.4 Å². The van der Waals surface area contributed by atoms with Crippen molar-refractivity contribution in [2.24, 2.45) is 5.92 Å². The molecule has 2 aliphatic rings. The largest absolute Gasteiger partial charge is 0.390 e. The van der Waals surface area contributed by atoms with Gasteiger partial charge in [0, 0.05) is 6.42 Å². The number of thiol groups is 1. The van der Waals surface area contributed by atoms with Gasteiger partial charge in [-0.1, -0.05) is 23.6 Å². The molecule has 0 aliphatic carbocycles. The average Bonchev–Trinajstić information content (AvgIpc) is 3.73. The first kappa shape index (κ1) is 33.7. The van der Waals surface area contributed by atoms with Crippen molar-refractivity contribution in [3.05, 3.63) is 28.6 Å². The van der Waals surface area contributed by atoms with Crippen molar-refractivity contribution < 1.29 is 46.9 Å². The van der Waals surface area contributed by atoms with Gasteiger partial charge in [-0.2, -0.15) is 0 Å². The van der Waals surface area contributed by atoms with Crippen LogP contribution in [0.25, 0.3) is 21.5 Å². The first-order chi connectivity index (χ1) is 21.7. The molecule has 3 unspecified atom stereocenters. The van der Waals surface area contributed by atoms with Crippen LogP contribution in [0.15, 0.2) is 23.8 Å². The zero-order valence-electron chi connectivity index (χ0n) is 23.1. The molecule has 0 radical (unpaired) electrons. The zero-order valence-corrected chi connectivity index (χ0v) is 27.4. The van der Waals surface area contributed by atoms with Crippen molar-refractivity contribution in [1.82, 2.24) is 34.1 Å². The highest BCUT2D eigenvalue weighted by Gasteiger charge is 2.47. The summed E-state index contributed by atoms with van der Waals surface area (Å²) in [6, 6.07) is 0. The monoisotopic (exact) mass is 741 g/mol. The number of halogens is 1. The third-order valence-electron chi connectivity index (χ3n) is 7.23. The molecule has 2 fully saturated rings. The number of thiazole rings is 1. The molecule has 4 aromatic rings. The second-order valence-corrected chi connectivity index (χ2v) is 16.8. The summed E-state index contributed by atoms with van der Waals surface area (Å²) in [5.41, 5.74) is 12.4. The highest BCUT2D eigenvalue weighted by atomic mass is 32.7. The summed E-state index contributed by atoms with van der Waals surface area (Å²) in [5, 5.41) is 11.1. The van der Waals surface area contributed by atoms with Crippen LogP contribution >= 0.6 is 37.1 Å². The second-order valence-electron chi connectivity index (χ2n) is 10.2. The smallest absolute Gasteiger partial charge is 0.383 e. The number of nitrogen functional groups attached to an aromatic ring is 2. The summed E-state index contributed by atoms with van der Waals surface area (Å²) in [5.74, 6) is -0.945. The van der Waals surface area contributed by atoms with Crippen molar-refractivity contribution in [2.75, 3.05) is 31.3 Å². The topological polar surface area (TPSA) is 267 Å². The Kier molecular flexibility index (Phi) is 9.50. The van der Waals surface area contributed by atoms with E-state index in [9.17, 15) is 24.3 Å². The summed E-state index contributed by atoms with van der Waals surface area (Å²) in [7, 11) is 0. The fourth-order valence-corrected chi connectivity index (χ4v) is 7.70. The average molecular weight is 742 g/mol. The quantitative estimate of drug-likeness (QED) is 0.0910. The molecule has 46 heavy (non-hydrogen) atoms. The predicted octanol–water partition coefficient (Wildman–Crippen LogP) is 0.654. The molecule has 2 aliphatic heterocycles. The van der Waals surface area contributed by atoms with Gasteiger partial charge in [0.25, 0.3) is 0 Å². The number of aromatic nitrogens is 7. The predicted molar refractivity (Wildman–Crippen MR) is 166 cm³/mol. The fraction of sp³-hybridized carbons (Fsp3) is 0.524. The van der Waals surface area contributed by atoms with Gasteiger partial charge in [-0.15, -0.1) is 0 Å². The number of imidazole rings is 1. The number of hydrogen-bond donors (Lipinski definition) is 6. The molecule has 19 nitrogen and oxygen atoms in total. The third-order valence-corrected chi connectivity index (χ3v) is 10.6. The van der Waals surface area contributed by atoms with E-state index >= 15 is 4.39 Å². The van der Waals surface area contributed by atoms with Crippen LogP contribution in [0, 0.1) is 5.92 Å². The SMILES string of the molecule is Nc1ncnc2c1ncn2[C@@H]1O[C@H](COP(O)(=S)OCC2[C@H](n3c(=O)sc4c(N)ncnc43)O[C@H](COP(=O)(O)S)[C@H]2O)C[C@H]1F. The molecule has 0 bridgehead atoms. The number of rotatable bonds is 11. The zero-order chi connectivity index (χ0) is 33.0. The van der Waals surface area contributed by atoms with E-state index in [-0.39, 0.29) is 46.2 Å². The lowest BCUT2D eigenvalue weighted by molar-refractivity contribution is -0.0434. The number of aliphatic hydroxyl groups excluding tert-OH is 1. The number of hydrogen-bond acceptors (Lipinski definition) is 17. The van der Waals surface area contributed by atoms with E-state index in [1.165, 1.54) is 17.2 Å². The molecule has 0 saturated carbocycles. The Bertz CT molecular complexity index is 1910. The Balaban J connectivity index is 1.14. The third kappa shape index (κ3) is 6.83. The number of nitrogens with two attached hydrogens (primary N) is 2. The maximum absolute atomic E-state index is 15.0. The van der Waals surface area contributed by atoms with Crippen molar-refractivity contribution in [2.45, 2.75) is 43.4 Å². The highest BCUT2D eigenvalue weighted by molar-refractivity contribution is 8.44. The van der Waals surface area contributed by atoms with Gasteiger partial charge in [-0.25, -0.2) is 33.9 Å². The number of anilines is 2. The molecule has 0 aromatic carbocycles. The van der Waals surface area contributed by atoms with Crippen LogP contribution in [0.4, 0.5) is 16.0 Å². The van der Waals surface area contributed by atoms with E-state index in [0.717, 1.165) is 22.2 Å². The van der Waals surface area contributed by atoms with Crippen LogP contribution in [0.5, 0.6) is 0 Å². The molecular weight excluding hydrogens is 715 g/mol. The normalized spacial score (nSPS) is 29.4. The molecule has 25 heteroatoms. The Morgan fingerprint density at radius 2 is 1.74 bits per heavy atom. The van der Waals surface area contributed by atoms with Crippen LogP contribution < -0.4 is 16.3 Å². The van der Waals surface area contributed by atoms with E-state index in [1.54, 1.807) is 0 Å². The Morgan fingerprint density at radius 3 is 2.48 bits per heavy atom. The van der Waals surface area contributed by atoms with Gasteiger partial charge in [-0.05, 0) is 11.8 Å². The second kappa shape index (κ2) is 13.0. The minimum absolute atomic E-state index is 0.0400. The number of aliphatic hydroxyl groups is 1. The lowest BCUT2D eigenvalue weighted by Gasteiger charge is -2.24. The number of alkyl halides is 1. The molecule has 9 atom stereocenters. The summed E-state index contributed by atoms with van der Waals surface area (Å²) >= 11 is 9.35. The standard InChI is InChI=1S/C21H26FN9O10P2S3/c22-10-1-8(40-20(10)30-7-29-12-15(23)25-5-27-17(12)30)2-38-43(36,45)39-3-9-13(32)11(4-37-42(34,35)44)41-19(9)31-18-14(46-21(31)33)16(24)26-6-28-18/h5-11,13,19-20,32H,1-4H2,(H,36,45)(H2,23,25,27)(H2,24,26,28)(H2,34,35,44)/t8-,9?,10+,11+,13-,19+,20+,43?/m0/s1. The molecule has 0 spiro atoms. The van der Waals surface area contributed by atoms with Gasteiger partial charge < -0.3 is 44.9 Å². The van der Waals surface area contributed by atoms with Crippen LogP contribution in [0.1, 0.15) is 18.9 Å². The van der Waals surface area contributed by atoms with Crippen molar-refractivity contribution in [3.8, 4) is 0 Å². The Labute approximate surface area is 271 Å². The minimum Gasteiger partial charge on any atom is -0.390 e. The van der Waals surface area contributed by atoms with E-state index < -0.39 is 74.5 Å². The maximum Gasteiger partial charge on any atom is 0.383 e. The van der Waals surface area contributed by atoms with Crippen LogP contribution in [0.2, 0.25) is 0 Å². The lowest BCUT2D eigenvalue weighted by Crippen LogP contribution is -2.33. The molecule has 2 saturated heterocycles. The van der Waals surface area contributed by atoms with E-state index in [2.05, 4.69) is 37.2 Å². The first-order valence-electron chi connectivity index (χ1n) is 13.2. The van der Waals surface area contributed by atoms with Crippen LogP contribution in [0.3, 0.4) is 0 Å². The first-order valence-corrected chi connectivity index (χ1v) is 19.4. The molecule has 6 rings (SSSR count). The van der Waals surface area contributed by atoms with Crippen LogP contribution in [-0.2, 0) is 39.4 Å². The van der Waals surface area contributed by atoms with Crippen molar-refractivity contribution >= 4 is 82.1 Å². The summed E-state index contributed by atoms with van der Waals surface area (Å²) in [6.45, 7) is -9.76. The number of nitrogens with zero attached hydrogens (tertiary/aromatic N) is 7. The molecule has 7 N–H and O–H groups in total. The molecule has 250 valence electrons. The Morgan fingerprint density at radius 1 is 1.04 bits per heavy atom. The number of ether oxygens (including phenoxy) is 2. The summed E-state index contributed by atoms with van der Waals surface area (Å²) < 4.78 is 56.8. The molecular formula is C21H26FN9O10P2S3. The van der Waals surface area contributed by atoms with Crippen molar-refractivity contribution in [3.63, 3.8) is 0 Å². The lowest BCUT2D eigenvalue weighted by atomic mass is 10.0. The summed E-state index contributed by atoms with van der Waals surface area (Å²) in [4.78, 5) is 52.8. The van der Waals surface area contributed by atoms with Gasteiger partial charge in [0.1, 0.15) is 47.2 Å². The number of fused-ring (bicyclic) bond motifs is 2. The molecule has 4 aromatic heterocycles. The van der Waals surface area contributed by atoms with Gasteiger partial charge in [0.2, 0.25) is 0 Å². The van der Waals surface area contributed by atoms with Crippen LogP contribution in [-0.4, -0.2) is 93.3 Å². The molecule has 0 amide bonds. The van der Waals surface area contributed by atoms with E-state index in [4.69, 9.17) is 46.3 Å². The van der Waals surface area contributed by atoms with E-state index in [0.29, 0.717) is 0 Å².